The fraction of sp³-hybridized carbons (Fsp3) is 0.158. The number of rotatable bonds is 4. The molecule has 0 spiro atoms. The minimum atomic E-state index is -5.45. The lowest BCUT2D eigenvalue weighted by Crippen LogP contribution is -2.33. The van der Waals surface area contributed by atoms with E-state index in [1.54, 1.807) is 0 Å². The van der Waals surface area contributed by atoms with Gasteiger partial charge >= 0.3 is 12.4 Å². The number of amides is 1. The number of nitrogens with zero attached hydrogens (tertiary/aromatic N) is 4. The lowest BCUT2D eigenvalue weighted by atomic mass is 10.1. The first-order valence-electron chi connectivity index (χ1n) is 9.04. The van der Waals surface area contributed by atoms with Crippen molar-refractivity contribution in [2.75, 3.05) is 0 Å². The number of nitrogens with one attached hydrogen (secondary N) is 1. The Kier molecular flexibility index (Phi) is 6.57. The second kappa shape index (κ2) is 8.86. The van der Waals surface area contributed by atoms with E-state index in [0.29, 0.717) is 0 Å². The molecule has 0 atom stereocenters. The van der Waals surface area contributed by atoms with Crippen LogP contribution in [0.15, 0.2) is 41.3 Å². The Balaban J connectivity index is 2.02. The largest absolute Gasteiger partial charge is 0.417 e. The number of alkyl halides is 6. The highest BCUT2D eigenvalue weighted by Gasteiger charge is 2.41. The summed E-state index contributed by atoms with van der Waals surface area (Å²) in [6.45, 7) is 1.25. The third-order valence-electron chi connectivity index (χ3n) is 4.55. The normalized spacial score (nSPS) is 12.3. The van der Waals surface area contributed by atoms with Crippen LogP contribution in [-0.4, -0.2) is 29.3 Å². The minimum Gasteiger partial charge on any atom is -0.266 e. The molecule has 3 rings (SSSR count). The van der Waals surface area contributed by atoms with Gasteiger partial charge in [-0.2, -0.15) is 31.6 Å². The monoisotopic (exact) mass is 537 g/mol. The van der Waals surface area contributed by atoms with Gasteiger partial charge in [-0.15, -0.1) is 5.10 Å². The van der Waals surface area contributed by atoms with Crippen molar-refractivity contribution in [2.24, 2.45) is 0 Å². The lowest BCUT2D eigenvalue weighted by Gasteiger charge is -2.16. The van der Waals surface area contributed by atoms with E-state index in [1.165, 1.54) is 29.8 Å². The van der Waals surface area contributed by atoms with Crippen molar-refractivity contribution < 1.29 is 39.6 Å². The maximum atomic E-state index is 13.3. The number of hydrogen-bond acceptors (Lipinski definition) is 6. The summed E-state index contributed by atoms with van der Waals surface area (Å²) >= 11 is 6.07. The number of benzene rings is 2. The van der Waals surface area contributed by atoms with Crippen LogP contribution in [0.1, 0.15) is 32.9 Å². The van der Waals surface area contributed by atoms with E-state index in [2.05, 4.69) is 10.3 Å². The van der Waals surface area contributed by atoms with Gasteiger partial charge in [0.2, 0.25) is 0 Å². The SMILES string of the molecule is Cc1c(C(=O)NS(=O)(=O)c2cc(C(F)(F)F)ccc2C(F)(F)F)nnn1-c1ccc(C#N)cc1Cl. The predicted octanol–water partition coefficient (Wildman–Crippen LogP) is 4.26. The van der Waals surface area contributed by atoms with Crippen LogP contribution < -0.4 is 4.72 Å². The summed E-state index contributed by atoms with van der Waals surface area (Å²) in [5.74, 6) is -1.55. The Bertz CT molecular complexity index is 1480. The number of nitriles is 1. The average molecular weight is 538 g/mol. The quantitative estimate of drug-likeness (QED) is 0.497. The van der Waals surface area contributed by atoms with Gasteiger partial charge in [0.1, 0.15) is 4.90 Å². The zero-order valence-electron chi connectivity index (χ0n) is 17.0. The molecule has 35 heavy (non-hydrogen) atoms. The van der Waals surface area contributed by atoms with E-state index in [4.69, 9.17) is 16.9 Å². The summed E-state index contributed by atoms with van der Waals surface area (Å²) in [5, 5.41) is 16.0. The van der Waals surface area contributed by atoms with Crippen LogP contribution in [0, 0.1) is 18.3 Å². The van der Waals surface area contributed by atoms with Crippen molar-refractivity contribution in [1.29, 1.82) is 5.26 Å². The second-order valence-electron chi connectivity index (χ2n) is 6.85. The molecule has 0 aliphatic heterocycles. The highest BCUT2D eigenvalue weighted by Crippen LogP contribution is 2.38. The molecule has 1 heterocycles. The summed E-state index contributed by atoms with van der Waals surface area (Å²) in [5.41, 5.74) is -4.01. The van der Waals surface area contributed by atoms with E-state index in [-0.39, 0.29) is 40.2 Å². The number of carbonyl (C=O) groups is 1. The second-order valence-corrected chi connectivity index (χ2v) is 8.91. The van der Waals surface area contributed by atoms with Crippen LogP contribution in [0.5, 0.6) is 0 Å². The molecule has 3 aromatic rings. The third-order valence-corrected chi connectivity index (χ3v) is 6.22. The molecule has 0 saturated heterocycles. The number of carbonyl (C=O) groups excluding carboxylic acids is 1. The smallest absolute Gasteiger partial charge is 0.266 e. The van der Waals surface area contributed by atoms with Crippen molar-refractivity contribution in [3.63, 3.8) is 0 Å². The van der Waals surface area contributed by atoms with Crippen molar-refractivity contribution in [2.45, 2.75) is 24.2 Å². The van der Waals surface area contributed by atoms with Crippen LogP contribution in [0.3, 0.4) is 0 Å². The van der Waals surface area contributed by atoms with Gasteiger partial charge in [0.05, 0.1) is 39.2 Å². The standard InChI is InChI=1S/C19H10ClF6N5O3S/c1-9-16(28-30-31(9)14-5-2-10(8-27)6-13(14)20)17(32)29-35(33,34)15-7-11(18(21,22)23)3-4-12(15)19(24,25)26/h2-7H,1H3,(H,29,32). The van der Waals surface area contributed by atoms with Gasteiger partial charge in [-0.25, -0.2) is 17.8 Å². The van der Waals surface area contributed by atoms with Gasteiger partial charge in [0.25, 0.3) is 15.9 Å². The Morgan fingerprint density at radius 3 is 2.29 bits per heavy atom. The molecule has 1 aromatic heterocycles. The van der Waals surface area contributed by atoms with Crippen LogP contribution in [-0.2, 0) is 22.4 Å². The van der Waals surface area contributed by atoms with E-state index in [9.17, 15) is 39.6 Å². The summed E-state index contributed by atoms with van der Waals surface area (Å²) in [7, 11) is -5.45. The zero-order valence-corrected chi connectivity index (χ0v) is 18.6. The molecular weight excluding hydrogens is 528 g/mol. The molecule has 0 aliphatic carbocycles. The maximum absolute atomic E-state index is 13.3. The molecule has 2 aromatic carbocycles. The zero-order chi connectivity index (χ0) is 26.3. The molecule has 184 valence electrons. The fourth-order valence-corrected chi connectivity index (χ4v) is 4.36. The first-order chi connectivity index (χ1) is 16.1. The van der Waals surface area contributed by atoms with Crippen molar-refractivity contribution in [1.82, 2.24) is 19.7 Å². The van der Waals surface area contributed by atoms with E-state index < -0.39 is 50.0 Å². The first-order valence-corrected chi connectivity index (χ1v) is 10.9. The summed E-state index contributed by atoms with van der Waals surface area (Å²) < 4.78 is 106. The minimum absolute atomic E-state index is 0.00964. The number of halogens is 7. The highest BCUT2D eigenvalue weighted by atomic mass is 35.5. The molecule has 0 radical (unpaired) electrons. The average Bonchev–Trinajstić information content (AvgIpc) is 3.12. The fourth-order valence-electron chi connectivity index (χ4n) is 2.90. The molecule has 16 heteroatoms. The predicted molar refractivity (Wildman–Crippen MR) is 107 cm³/mol. The Morgan fingerprint density at radius 2 is 1.74 bits per heavy atom. The molecule has 0 bridgehead atoms. The number of sulfonamides is 1. The van der Waals surface area contributed by atoms with E-state index in [1.807, 2.05) is 6.07 Å². The van der Waals surface area contributed by atoms with Crippen LogP contribution in [0.25, 0.3) is 5.69 Å². The Labute approximate surface area is 197 Å². The molecule has 0 saturated carbocycles. The van der Waals surface area contributed by atoms with Crippen molar-refractivity contribution in [3.05, 3.63) is 69.5 Å². The third kappa shape index (κ3) is 5.23. The Hall–Kier alpha value is -3.64. The summed E-state index contributed by atoms with van der Waals surface area (Å²) in [6.07, 6.45) is -10.5. The number of aromatic nitrogens is 3. The summed E-state index contributed by atoms with van der Waals surface area (Å²) in [6, 6.07) is 5.62. The molecule has 8 nitrogen and oxygen atoms in total. The first kappa shape index (κ1) is 26.0. The van der Waals surface area contributed by atoms with Gasteiger partial charge < -0.3 is 0 Å². The molecular formula is C19H10ClF6N5O3S. The molecule has 1 N–H and O–H groups in total. The van der Waals surface area contributed by atoms with Crippen LogP contribution in [0.4, 0.5) is 26.3 Å². The van der Waals surface area contributed by atoms with Crippen LogP contribution >= 0.6 is 11.6 Å². The number of hydrogen-bond donors (Lipinski definition) is 1. The van der Waals surface area contributed by atoms with Crippen molar-refractivity contribution >= 4 is 27.5 Å². The Morgan fingerprint density at radius 1 is 1.09 bits per heavy atom. The maximum Gasteiger partial charge on any atom is 0.417 e. The lowest BCUT2D eigenvalue weighted by molar-refractivity contribution is -0.143. The molecule has 0 fully saturated rings. The van der Waals surface area contributed by atoms with E-state index in [0.717, 1.165) is 4.68 Å². The molecule has 0 unspecified atom stereocenters. The summed E-state index contributed by atoms with van der Waals surface area (Å²) in [4.78, 5) is 10.7. The van der Waals surface area contributed by atoms with Gasteiger partial charge in [-0.05, 0) is 43.3 Å². The van der Waals surface area contributed by atoms with Gasteiger partial charge in [-0.3, -0.25) is 4.79 Å². The van der Waals surface area contributed by atoms with Crippen LogP contribution in [0.2, 0.25) is 5.02 Å². The van der Waals surface area contributed by atoms with E-state index >= 15 is 0 Å². The molecule has 0 aliphatic rings. The highest BCUT2D eigenvalue weighted by molar-refractivity contribution is 7.90. The van der Waals surface area contributed by atoms with Crippen molar-refractivity contribution in [3.8, 4) is 11.8 Å². The van der Waals surface area contributed by atoms with Gasteiger partial charge in [0, 0.05) is 0 Å². The van der Waals surface area contributed by atoms with Gasteiger partial charge in [-0.1, -0.05) is 16.8 Å². The molecule has 1 amide bonds. The van der Waals surface area contributed by atoms with Gasteiger partial charge in [0.15, 0.2) is 5.69 Å². The topological polar surface area (TPSA) is 118 Å².